The molecule has 0 atom stereocenters. The van der Waals surface area contributed by atoms with Gasteiger partial charge in [0.25, 0.3) is 29.6 Å². The van der Waals surface area contributed by atoms with E-state index in [9.17, 15) is 19.2 Å². The predicted octanol–water partition coefficient (Wildman–Crippen LogP) is 2.81. The number of imide groups is 2. The second kappa shape index (κ2) is 8.28. The number of nitrogens with zero attached hydrogens (tertiary/aromatic N) is 4. The quantitative estimate of drug-likeness (QED) is 0.346. The van der Waals surface area contributed by atoms with E-state index in [1.165, 1.54) is 25.3 Å². The van der Waals surface area contributed by atoms with Crippen LogP contribution in [0, 0.1) is 11.8 Å². The average molecular weight is 489 g/mol. The molecule has 2 aliphatic heterocycles. The molecule has 4 amide bonds. The van der Waals surface area contributed by atoms with Crippen molar-refractivity contribution in [3.05, 3.63) is 100 Å². The van der Waals surface area contributed by atoms with Gasteiger partial charge in [0.1, 0.15) is 5.75 Å². The van der Waals surface area contributed by atoms with Crippen molar-refractivity contribution in [2.75, 3.05) is 16.9 Å². The predicted molar refractivity (Wildman–Crippen MR) is 131 cm³/mol. The first-order valence-corrected chi connectivity index (χ1v) is 11.1. The van der Waals surface area contributed by atoms with Crippen LogP contribution in [0.1, 0.15) is 52.6 Å². The van der Waals surface area contributed by atoms with Gasteiger partial charge in [0, 0.05) is 11.1 Å². The smallest absolute Gasteiger partial charge is 0.268 e. The molecule has 2 aliphatic rings. The number of aromatic amines is 1. The van der Waals surface area contributed by atoms with Gasteiger partial charge in [0.2, 0.25) is 5.95 Å². The van der Waals surface area contributed by atoms with Crippen LogP contribution in [0.15, 0.2) is 66.7 Å². The van der Waals surface area contributed by atoms with Gasteiger partial charge in [-0.2, -0.15) is 4.98 Å². The fourth-order valence-electron chi connectivity index (χ4n) is 4.15. The molecule has 10 nitrogen and oxygen atoms in total. The Morgan fingerprint density at radius 3 is 2.08 bits per heavy atom. The number of H-pyrrole nitrogens is 1. The number of fused-ring (bicyclic) bond motifs is 2. The van der Waals surface area contributed by atoms with Gasteiger partial charge in [-0.25, -0.2) is 14.9 Å². The second-order valence-electron chi connectivity index (χ2n) is 8.14. The number of ether oxygens (including phenoxy) is 1. The van der Waals surface area contributed by atoms with E-state index >= 15 is 0 Å². The summed E-state index contributed by atoms with van der Waals surface area (Å²) in [5.41, 5.74) is 2.03. The highest BCUT2D eigenvalue weighted by molar-refractivity contribution is 6.35. The zero-order valence-electron chi connectivity index (χ0n) is 19.2. The van der Waals surface area contributed by atoms with Crippen LogP contribution in [0.5, 0.6) is 5.75 Å². The third-order valence-corrected chi connectivity index (χ3v) is 5.98. The number of methoxy groups -OCH3 is 1. The summed E-state index contributed by atoms with van der Waals surface area (Å²) in [6.45, 7) is 0. The molecule has 1 aromatic heterocycles. The average Bonchev–Trinajstić information content (AvgIpc) is 3.56. The van der Waals surface area contributed by atoms with Gasteiger partial charge in [-0.1, -0.05) is 30.0 Å². The van der Waals surface area contributed by atoms with Gasteiger partial charge in [0.05, 0.1) is 29.4 Å². The van der Waals surface area contributed by atoms with Crippen LogP contribution in [0.25, 0.3) is 0 Å². The first kappa shape index (κ1) is 21.9. The Morgan fingerprint density at radius 2 is 1.32 bits per heavy atom. The molecule has 1 N–H and O–H groups in total. The summed E-state index contributed by atoms with van der Waals surface area (Å²) in [5.74, 6) is 3.40. The molecule has 4 aromatic rings. The zero-order chi connectivity index (χ0) is 25.7. The summed E-state index contributed by atoms with van der Waals surface area (Å²) in [6.07, 6.45) is 0. The molecule has 10 heteroatoms. The van der Waals surface area contributed by atoms with E-state index in [1.807, 2.05) is 30.3 Å². The third kappa shape index (κ3) is 3.45. The highest BCUT2D eigenvalue weighted by Gasteiger charge is 2.42. The molecule has 3 heterocycles. The third-order valence-electron chi connectivity index (χ3n) is 5.98. The van der Waals surface area contributed by atoms with Crippen LogP contribution in [-0.4, -0.2) is 45.9 Å². The number of anilines is 2. The number of nitrogens with one attached hydrogen (secondary N) is 1. The van der Waals surface area contributed by atoms with Crippen LogP contribution in [0.4, 0.5) is 11.9 Å². The Kier molecular flexibility index (Phi) is 4.91. The van der Waals surface area contributed by atoms with Crippen LogP contribution in [0.2, 0.25) is 0 Å². The Hall–Kier alpha value is -5.56. The Balaban J connectivity index is 1.28. The lowest BCUT2D eigenvalue weighted by molar-refractivity contribution is 0.0909. The maximum absolute atomic E-state index is 13.2. The molecule has 6 rings (SSSR count). The highest BCUT2D eigenvalue weighted by atomic mass is 16.5. The topological polar surface area (TPSA) is 126 Å². The molecule has 0 saturated heterocycles. The van der Waals surface area contributed by atoms with E-state index < -0.39 is 23.6 Å². The van der Waals surface area contributed by atoms with Gasteiger partial charge < -0.3 is 4.74 Å². The number of rotatable bonds is 3. The largest absolute Gasteiger partial charge is 0.497 e. The normalized spacial score (nSPS) is 14.0. The van der Waals surface area contributed by atoms with Crippen molar-refractivity contribution in [2.24, 2.45) is 0 Å². The summed E-state index contributed by atoms with van der Waals surface area (Å²) in [5, 5.41) is 6.43. The Labute approximate surface area is 209 Å². The van der Waals surface area contributed by atoms with Crippen LogP contribution < -0.4 is 14.5 Å². The minimum absolute atomic E-state index is 0.139. The van der Waals surface area contributed by atoms with Crippen molar-refractivity contribution in [3.63, 3.8) is 0 Å². The Morgan fingerprint density at radius 1 is 0.703 bits per heavy atom. The lowest BCUT2D eigenvalue weighted by Crippen LogP contribution is -2.32. The molecule has 178 valence electrons. The molecule has 0 unspecified atom stereocenters. The molecule has 3 aromatic carbocycles. The summed E-state index contributed by atoms with van der Waals surface area (Å²) >= 11 is 0. The van der Waals surface area contributed by atoms with Crippen LogP contribution in [0.3, 0.4) is 0 Å². The summed E-state index contributed by atoms with van der Waals surface area (Å²) in [7, 11) is 1.45. The van der Waals surface area contributed by atoms with Gasteiger partial charge >= 0.3 is 0 Å². The van der Waals surface area contributed by atoms with Gasteiger partial charge in [-0.05, 0) is 48.5 Å². The van der Waals surface area contributed by atoms with Crippen molar-refractivity contribution in [2.45, 2.75) is 0 Å². The van der Waals surface area contributed by atoms with Gasteiger partial charge in [-0.15, -0.1) is 5.10 Å². The molecular weight excluding hydrogens is 474 g/mol. The SMILES string of the molecule is COc1ccc2c(c1)C(=O)N(c1n[nH]c(N3C(=O)c4ccc(C#Cc5ccccc5)cc4C3=O)n1)C2=O. The van der Waals surface area contributed by atoms with E-state index in [-0.39, 0.29) is 34.2 Å². The van der Waals surface area contributed by atoms with Crippen molar-refractivity contribution >= 4 is 35.5 Å². The summed E-state index contributed by atoms with van der Waals surface area (Å²) in [6, 6.07) is 18.6. The first-order chi connectivity index (χ1) is 18.0. The zero-order valence-corrected chi connectivity index (χ0v) is 19.2. The fraction of sp³-hybridized carbons (Fsp3) is 0.0370. The molecule has 0 spiro atoms. The molecule has 0 bridgehead atoms. The molecule has 0 aliphatic carbocycles. The molecular formula is C27H15N5O5. The van der Waals surface area contributed by atoms with Gasteiger partial charge in [0.15, 0.2) is 0 Å². The monoisotopic (exact) mass is 489 g/mol. The Bertz CT molecular complexity index is 1710. The number of hydrogen-bond donors (Lipinski definition) is 1. The maximum Gasteiger partial charge on any atom is 0.268 e. The van der Waals surface area contributed by atoms with Crippen molar-refractivity contribution in [3.8, 4) is 17.6 Å². The molecule has 0 fully saturated rings. The number of carbonyl (C=O) groups excluding carboxylic acids is 4. The lowest BCUT2D eigenvalue weighted by atomic mass is 10.1. The maximum atomic E-state index is 13.2. The van der Waals surface area contributed by atoms with Gasteiger partial charge in [-0.3, -0.25) is 19.2 Å². The lowest BCUT2D eigenvalue weighted by Gasteiger charge is -2.09. The minimum atomic E-state index is -0.645. The second-order valence-corrected chi connectivity index (χ2v) is 8.14. The van der Waals surface area contributed by atoms with E-state index in [1.54, 1.807) is 18.2 Å². The standard InChI is InChI=1S/C27H15N5O5/c1-37-17-10-12-19-21(14-17)25(36)32(23(19)34)27-28-26(29-30-27)31-22(33)18-11-9-16(13-20(18)24(31)35)8-7-15-5-3-2-4-6-15/h2-6,9-14H,1H3,(H,28,29,30). The molecule has 0 saturated carbocycles. The van der Waals surface area contributed by atoms with E-state index in [4.69, 9.17) is 4.74 Å². The first-order valence-electron chi connectivity index (χ1n) is 11.1. The highest BCUT2D eigenvalue weighted by Crippen LogP contribution is 2.31. The fourth-order valence-corrected chi connectivity index (χ4v) is 4.15. The van der Waals surface area contributed by atoms with Crippen molar-refractivity contribution in [1.82, 2.24) is 15.2 Å². The summed E-state index contributed by atoms with van der Waals surface area (Å²) < 4.78 is 5.13. The van der Waals surface area contributed by atoms with E-state index in [0.29, 0.717) is 11.3 Å². The number of benzene rings is 3. The van der Waals surface area contributed by atoms with E-state index in [0.717, 1.165) is 15.4 Å². The van der Waals surface area contributed by atoms with Crippen molar-refractivity contribution in [1.29, 1.82) is 0 Å². The number of aromatic nitrogens is 3. The number of amides is 4. The summed E-state index contributed by atoms with van der Waals surface area (Å²) in [4.78, 5) is 57.7. The number of hydrogen-bond acceptors (Lipinski definition) is 7. The van der Waals surface area contributed by atoms with Crippen molar-refractivity contribution < 1.29 is 23.9 Å². The van der Waals surface area contributed by atoms with Crippen LogP contribution in [-0.2, 0) is 0 Å². The molecule has 37 heavy (non-hydrogen) atoms. The minimum Gasteiger partial charge on any atom is -0.497 e. The number of carbonyl (C=O) groups is 4. The van der Waals surface area contributed by atoms with E-state index in [2.05, 4.69) is 27.0 Å². The van der Waals surface area contributed by atoms with Crippen LogP contribution >= 0.6 is 0 Å². The molecule has 0 radical (unpaired) electrons.